The predicted molar refractivity (Wildman–Crippen MR) is 216 cm³/mol. The Morgan fingerprint density at radius 2 is 1.58 bits per heavy atom. The number of rotatable bonds is 13. The summed E-state index contributed by atoms with van der Waals surface area (Å²) >= 11 is 0. The van der Waals surface area contributed by atoms with Crippen molar-refractivity contribution in [3.8, 4) is 11.1 Å². The molecule has 0 spiro atoms. The van der Waals surface area contributed by atoms with Gasteiger partial charge in [0.05, 0.1) is 17.3 Å². The maximum Gasteiger partial charge on any atom is 0.270 e. The van der Waals surface area contributed by atoms with Crippen LogP contribution in [0.3, 0.4) is 0 Å². The van der Waals surface area contributed by atoms with Crippen LogP contribution < -0.4 is 16.0 Å². The molecule has 5 aromatic rings. The van der Waals surface area contributed by atoms with Gasteiger partial charge < -0.3 is 25.6 Å². The van der Waals surface area contributed by atoms with E-state index in [0.29, 0.717) is 56.9 Å². The first-order chi connectivity index (χ1) is 27.7. The Morgan fingerprint density at radius 3 is 2.28 bits per heavy atom. The molecule has 14 heteroatoms. The van der Waals surface area contributed by atoms with E-state index >= 15 is 4.39 Å². The predicted octanol–water partition coefficient (Wildman–Crippen LogP) is 5.33. The second-order valence-electron chi connectivity index (χ2n) is 14.6. The molecule has 2 fully saturated rings. The van der Waals surface area contributed by atoms with Gasteiger partial charge in [0.15, 0.2) is 5.65 Å². The molecule has 2 aromatic carbocycles. The lowest BCUT2D eigenvalue weighted by Crippen LogP contribution is -2.47. The van der Waals surface area contributed by atoms with Gasteiger partial charge in [0.25, 0.3) is 11.8 Å². The van der Waals surface area contributed by atoms with Gasteiger partial charge in [-0.1, -0.05) is 37.3 Å². The van der Waals surface area contributed by atoms with E-state index in [1.165, 1.54) is 6.07 Å². The van der Waals surface area contributed by atoms with Crippen molar-refractivity contribution in [3.63, 3.8) is 0 Å². The zero-order chi connectivity index (χ0) is 39.9. The maximum absolute atomic E-state index is 15.2. The van der Waals surface area contributed by atoms with Crippen molar-refractivity contribution in [1.82, 2.24) is 40.2 Å². The number of benzene rings is 2. The first-order valence-electron chi connectivity index (χ1n) is 19.8. The minimum Gasteiger partial charge on any atom is -0.381 e. The fraction of sp³-hybridized carbons (Fsp3) is 0.395. The van der Waals surface area contributed by atoms with Gasteiger partial charge >= 0.3 is 0 Å². The van der Waals surface area contributed by atoms with Crippen LogP contribution in [0.15, 0.2) is 66.9 Å². The summed E-state index contributed by atoms with van der Waals surface area (Å²) in [4.78, 5) is 52.1. The molecule has 2 aliphatic rings. The van der Waals surface area contributed by atoms with E-state index in [4.69, 9.17) is 9.72 Å². The number of nitrogens with one attached hydrogen (secondary N) is 3. The van der Waals surface area contributed by atoms with Crippen molar-refractivity contribution in [2.75, 3.05) is 44.7 Å². The van der Waals surface area contributed by atoms with Crippen LogP contribution in [0.1, 0.15) is 77.0 Å². The van der Waals surface area contributed by atoms with Crippen LogP contribution >= 0.6 is 0 Å². The Hall–Kier alpha value is -5.73. The quantitative estimate of drug-likeness (QED) is 0.145. The Bertz CT molecular complexity index is 2250. The number of piperazine rings is 1. The van der Waals surface area contributed by atoms with Gasteiger partial charge in [0.1, 0.15) is 17.2 Å². The number of pyridine rings is 2. The molecule has 0 radical (unpaired) electrons. The van der Waals surface area contributed by atoms with Crippen LogP contribution in [0, 0.1) is 5.82 Å². The van der Waals surface area contributed by atoms with E-state index in [-0.39, 0.29) is 42.2 Å². The number of anilines is 1. The highest BCUT2D eigenvalue weighted by molar-refractivity contribution is 5.97. The van der Waals surface area contributed by atoms with E-state index < -0.39 is 11.8 Å². The number of aromatic nitrogens is 4. The number of halogens is 1. The van der Waals surface area contributed by atoms with Gasteiger partial charge in [0.2, 0.25) is 5.91 Å². The van der Waals surface area contributed by atoms with E-state index in [0.717, 1.165) is 65.0 Å². The van der Waals surface area contributed by atoms with Crippen LogP contribution in [-0.2, 0) is 42.1 Å². The molecular formula is C43H50FN9O4. The zero-order valence-corrected chi connectivity index (χ0v) is 32.8. The van der Waals surface area contributed by atoms with E-state index in [1.54, 1.807) is 37.3 Å². The highest BCUT2D eigenvalue weighted by Gasteiger charge is 2.23. The summed E-state index contributed by atoms with van der Waals surface area (Å²) in [6.07, 6.45) is 4.24. The number of hydrogen-bond donors (Lipinski definition) is 3. The van der Waals surface area contributed by atoms with Crippen molar-refractivity contribution >= 4 is 34.4 Å². The topological polar surface area (TPSA) is 147 Å². The molecule has 5 heterocycles. The molecule has 0 aliphatic carbocycles. The first-order valence-corrected chi connectivity index (χ1v) is 19.8. The minimum atomic E-state index is -0.457. The summed E-state index contributed by atoms with van der Waals surface area (Å²) in [6.45, 7) is 11.7. The Kier molecular flexibility index (Phi) is 12.5. The van der Waals surface area contributed by atoms with Crippen LogP contribution in [0.25, 0.3) is 22.2 Å². The molecule has 0 saturated carbocycles. The fourth-order valence-corrected chi connectivity index (χ4v) is 7.54. The van der Waals surface area contributed by atoms with Crippen LogP contribution in [-0.4, -0.2) is 92.7 Å². The van der Waals surface area contributed by atoms with Gasteiger partial charge in [-0.3, -0.25) is 19.3 Å². The Morgan fingerprint density at radius 1 is 0.860 bits per heavy atom. The molecule has 298 valence electrons. The molecule has 13 nitrogen and oxygen atoms in total. The normalized spacial score (nSPS) is 15.1. The Labute approximate surface area is 332 Å². The number of aryl methyl sites for hydroxylation is 2. The molecule has 3 N–H and O–H groups in total. The van der Waals surface area contributed by atoms with Crippen molar-refractivity contribution < 1.29 is 23.5 Å². The summed E-state index contributed by atoms with van der Waals surface area (Å²) < 4.78 is 22.6. The van der Waals surface area contributed by atoms with E-state index in [9.17, 15) is 14.4 Å². The average Bonchev–Trinajstić information content (AvgIpc) is 3.66. The van der Waals surface area contributed by atoms with Crippen molar-refractivity contribution in [1.29, 1.82) is 0 Å². The molecule has 2 aliphatic heterocycles. The molecule has 57 heavy (non-hydrogen) atoms. The van der Waals surface area contributed by atoms with Crippen molar-refractivity contribution in [2.24, 2.45) is 0 Å². The van der Waals surface area contributed by atoms with Gasteiger partial charge in [-0.15, -0.1) is 0 Å². The molecule has 7 rings (SSSR count). The van der Waals surface area contributed by atoms with Gasteiger partial charge in [-0.2, -0.15) is 5.10 Å². The number of ether oxygens (including phenoxy) is 1. The molecule has 3 amide bonds. The summed E-state index contributed by atoms with van der Waals surface area (Å²) in [5.74, 6) is -1.14. The lowest BCUT2D eigenvalue weighted by atomic mass is 10.00. The summed E-state index contributed by atoms with van der Waals surface area (Å²) in [5, 5.41) is 15.1. The molecule has 0 unspecified atom stereocenters. The molecule has 0 atom stereocenters. The zero-order valence-electron chi connectivity index (χ0n) is 32.8. The lowest BCUT2D eigenvalue weighted by Gasteiger charge is -2.34. The van der Waals surface area contributed by atoms with Crippen LogP contribution in [0.2, 0.25) is 0 Å². The standard InChI is InChI=1S/C43H50FN9O4/c1-4-37-34(40(48-32-14-20-57-21-15-32)35-26-47-53(5-2)41(35)50-37)25-46-43(56)39-11-7-10-38(49-39)42(55)45-24-29-12-13-36(44)33(23-29)31-9-6-8-30(22-31)27-51-16-18-52(19-17-51)28(3)54/h6-13,22-23,26,32H,4-5,14-21,24-25,27H2,1-3H3,(H,45,55)(H,46,56)(H,48,50). The monoisotopic (exact) mass is 775 g/mol. The summed E-state index contributed by atoms with van der Waals surface area (Å²) in [6, 6.07) is 17.6. The van der Waals surface area contributed by atoms with Gasteiger partial charge in [0, 0.05) is 95.4 Å². The second-order valence-corrected chi connectivity index (χ2v) is 14.6. The minimum absolute atomic E-state index is 0.0907. The number of nitrogens with zero attached hydrogens (tertiary/aromatic N) is 6. The SMILES string of the molecule is CCc1nc2c(cnn2CC)c(NC2CCOCC2)c1CNC(=O)c1cccc(C(=O)NCc2ccc(F)c(-c3cccc(CN4CCN(C(C)=O)CC4)c3)c2)n1. The largest absolute Gasteiger partial charge is 0.381 e. The maximum atomic E-state index is 15.2. The van der Waals surface area contributed by atoms with Crippen LogP contribution in [0.5, 0.6) is 0 Å². The molecule has 2 saturated heterocycles. The van der Waals surface area contributed by atoms with Gasteiger partial charge in [-0.25, -0.2) is 19.0 Å². The number of amides is 3. The third-order valence-corrected chi connectivity index (χ3v) is 10.8. The van der Waals surface area contributed by atoms with E-state index in [1.807, 2.05) is 53.9 Å². The lowest BCUT2D eigenvalue weighted by molar-refractivity contribution is -0.130. The van der Waals surface area contributed by atoms with E-state index in [2.05, 4.69) is 30.9 Å². The number of carbonyl (C=O) groups excluding carboxylic acids is 3. The molecule has 3 aromatic heterocycles. The first kappa shape index (κ1) is 39.5. The smallest absolute Gasteiger partial charge is 0.270 e. The van der Waals surface area contributed by atoms with Crippen LogP contribution in [0.4, 0.5) is 10.1 Å². The third kappa shape index (κ3) is 9.29. The number of carbonyl (C=O) groups is 3. The summed E-state index contributed by atoms with van der Waals surface area (Å²) in [5.41, 5.74) is 6.63. The summed E-state index contributed by atoms with van der Waals surface area (Å²) in [7, 11) is 0. The highest BCUT2D eigenvalue weighted by atomic mass is 19.1. The second kappa shape index (κ2) is 18.0. The van der Waals surface area contributed by atoms with Crippen molar-refractivity contribution in [2.45, 2.75) is 72.3 Å². The molecule has 0 bridgehead atoms. The fourth-order valence-electron chi connectivity index (χ4n) is 7.54. The number of hydrogen-bond acceptors (Lipinski definition) is 9. The third-order valence-electron chi connectivity index (χ3n) is 10.8. The van der Waals surface area contributed by atoms with Gasteiger partial charge in [-0.05, 0) is 73.2 Å². The highest BCUT2D eigenvalue weighted by Crippen LogP contribution is 2.31. The average molecular weight is 776 g/mol. The molecular weight excluding hydrogens is 726 g/mol. The van der Waals surface area contributed by atoms with Crippen molar-refractivity contribution in [3.05, 3.63) is 106 Å². The number of fused-ring (bicyclic) bond motifs is 1. The Balaban J connectivity index is 1.00.